The van der Waals surface area contributed by atoms with Gasteiger partial charge in [0.25, 0.3) is 0 Å². The molecule has 3 nitrogen and oxygen atoms in total. The molecule has 0 heterocycles. The molecule has 1 rings (SSSR count). The van der Waals surface area contributed by atoms with Crippen LogP contribution in [0.2, 0.25) is 0 Å². The van der Waals surface area contributed by atoms with Crippen molar-refractivity contribution >= 4 is 5.96 Å². The third-order valence-corrected chi connectivity index (χ3v) is 2.49. The highest BCUT2D eigenvalue weighted by Gasteiger charge is 1.98. The molecule has 0 aliphatic heterocycles. The molecular weight excluding hydrogens is 210 g/mol. The van der Waals surface area contributed by atoms with Gasteiger partial charge in [0, 0.05) is 6.54 Å². The van der Waals surface area contributed by atoms with Crippen molar-refractivity contribution in [2.75, 3.05) is 6.54 Å². The Morgan fingerprint density at radius 1 is 1.41 bits per heavy atom. The molecule has 0 unspecified atom stereocenters. The summed E-state index contributed by atoms with van der Waals surface area (Å²) in [5.41, 5.74) is 10.5. The molecule has 0 fully saturated rings. The molecule has 0 saturated heterocycles. The Labute approximate surface area is 103 Å². The Bertz CT molecular complexity index is 433. The number of guanidine groups is 1. The SMILES string of the molecule is C=C(C)CNC(N)=NCc1ccc(C)cc1C. The molecule has 3 N–H and O–H groups in total. The largest absolute Gasteiger partial charge is 0.370 e. The van der Waals surface area contributed by atoms with E-state index in [9.17, 15) is 0 Å². The van der Waals surface area contributed by atoms with Crippen LogP contribution in [0.1, 0.15) is 23.6 Å². The smallest absolute Gasteiger partial charge is 0.189 e. The quantitative estimate of drug-likeness (QED) is 0.474. The van der Waals surface area contributed by atoms with Gasteiger partial charge in [-0.15, -0.1) is 0 Å². The first-order valence-corrected chi connectivity index (χ1v) is 5.73. The van der Waals surface area contributed by atoms with E-state index in [1.165, 1.54) is 16.7 Å². The highest BCUT2D eigenvalue weighted by molar-refractivity contribution is 5.78. The lowest BCUT2D eigenvalue weighted by Crippen LogP contribution is -2.32. The number of hydrogen-bond acceptors (Lipinski definition) is 1. The lowest BCUT2D eigenvalue weighted by Gasteiger charge is -2.07. The molecule has 0 atom stereocenters. The van der Waals surface area contributed by atoms with Crippen LogP contribution in [-0.2, 0) is 6.54 Å². The summed E-state index contributed by atoms with van der Waals surface area (Å²) >= 11 is 0. The number of aryl methyl sites for hydroxylation is 2. The van der Waals surface area contributed by atoms with E-state index in [2.05, 4.69) is 48.9 Å². The van der Waals surface area contributed by atoms with Gasteiger partial charge in [-0.05, 0) is 31.9 Å². The fraction of sp³-hybridized carbons (Fsp3) is 0.357. The van der Waals surface area contributed by atoms with Gasteiger partial charge < -0.3 is 11.1 Å². The predicted octanol–water partition coefficient (Wildman–Crippen LogP) is 2.28. The van der Waals surface area contributed by atoms with Gasteiger partial charge >= 0.3 is 0 Å². The van der Waals surface area contributed by atoms with Crippen LogP contribution in [0.15, 0.2) is 35.3 Å². The maximum Gasteiger partial charge on any atom is 0.189 e. The molecule has 0 aliphatic rings. The van der Waals surface area contributed by atoms with Gasteiger partial charge in [0.05, 0.1) is 6.54 Å². The summed E-state index contributed by atoms with van der Waals surface area (Å²) in [6.45, 7) is 11.2. The Hall–Kier alpha value is -1.77. The van der Waals surface area contributed by atoms with Gasteiger partial charge in [0.15, 0.2) is 5.96 Å². The van der Waals surface area contributed by atoms with Crippen LogP contribution >= 0.6 is 0 Å². The van der Waals surface area contributed by atoms with Crippen LogP contribution in [-0.4, -0.2) is 12.5 Å². The Morgan fingerprint density at radius 3 is 2.71 bits per heavy atom. The Balaban J connectivity index is 2.59. The number of nitrogens with zero attached hydrogens (tertiary/aromatic N) is 1. The Morgan fingerprint density at radius 2 is 2.12 bits per heavy atom. The van der Waals surface area contributed by atoms with E-state index in [1.54, 1.807) is 0 Å². The third-order valence-electron chi connectivity index (χ3n) is 2.49. The summed E-state index contributed by atoms with van der Waals surface area (Å²) in [5.74, 6) is 0.466. The van der Waals surface area contributed by atoms with E-state index in [0.717, 1.165) is 5.57 Å². The molecule has 0 aromatic heterocycles. The van der Waals surface area contributed by atoms with E-state index in [0.29, 0.717) is 19.0 Å². The van der Waals surface area contributed by atoms with Crippen LogP contribution in [0.3, 0.4) is 0 Å². The minimum atomic E-state index is 0.466. The second-order valence-electron chi connectivity index (χ2n) is 4.44. The summed E-state index contributed by atoms with van der Waals surface area (Å²) < 4.78 is 0. The lowest BCUT2D eigenvalue weighted by atomic mass is 10.1. The number of nitrogens with one attached hydrogen (secondary N) is 1. The maximum atomic E-state index is 5.75. The zero-order chi connectivity index (χ0) is 12.8. The van der Waals surface area contributed by atoms with Gasteiger partial charge in [0.2, 0.25) is 0 Å². The lowest BCUT2D eigenvalue weighted by molar-refractivity contribution is 0.936. The highest BCUT2D eigenvalue weighted by Crippen LogP contribution is 2.11. The summed E-state index contributed by atoms with van der Waals surface area (Å²) in [7, 11) is 0. The van der Waals surface area contributed by atoms with Crippen molar-refractivity contribution in [2.45, 2.75) is 27.3 Å². The molecule has 92 valence electrons. The zero-order valence-corrected chi connectivity index (χ0v) is 10.9. The molecule has 1 aromatic carbocycles. The number of aliphatic imine (C=N–C) groups is 1. The van der Waals surface area contributed by atoms with Crippen molar-refractivity contribution < 1.29 is 0 Å². The predicted molar refractivity (Wildman–Crippen MR) is 74.1 cm³/mol. The minimum absolute atomic E-state index is 0.466. The molecule has 3 heteroatoms. The van der Waals surface area contributed by atoms with Gasteiger partial charge in [0.1, 0.15) is 0 Å². The van der Waals surface area contributed by atoms with E-state index in [-0.39, 0.29) is 0 Å². The first-order valence-electron chi connectivity index (χ1n) is 5.73. The van der Waals surface area contributed by atoms with Crippen LogP contribution in [0, 0.1) is 13.8 Å². The number of hydrogen-bond donors (Lipinski definition) is 2. The van der Waals surface area contributed by atoms with Gasteiger partial charge in [-0.2, -0.15) is 0 Å². The van der Waals surface area contributed by atoms with Crippen LogP contribution < -0.4 is 11.1 Å². The second-order valence-corrected chi connectivity index (χ2v) is 4.44. The fourth-order valence-electron chi connectivity index (χ4n) is 1.49. The van der Waals surface area contributed by atoms with Crippen molar-refractivity contribution in [3.05, 3.63) is 47.0 Å². The zero-order valence-electron chi connectivity index (χ0n) is 10.9. The van der Waals surface area contributed by atoms with E-state index < -0.39 is 0 Å². The molecule has 0 bridgehead atoms. The van der Waals surface area contributed by atoms with E-state index in [1.807, 2.05) is 6.92 Å². The summed E-state index contributed by atoms with van der Waals surface area (Å²) in [5, 5.41) is 3.01. The van der Waals surface area contributed by atoms with Crippen molar-refractivity contribution in [3.8, 4) is 0 Å². The standard InChI is InChI=1S/C14H21N3/c1-10(2)8-16-14(15)17-9-13-6-5-11(3)7-12(13)4/h5-7H,1,8-9H2,2-4H3,(H3,15,16,17). The first kappa shape index (κ1) is 13.3. The van der Waals surface area contributed by atoms with Crippen LogP contribution in [0.4, 0.5) is 0 Å². The number of benzene rings is 1. The van der Waals surface area contributed by atoms with Gasteiger partial charge in [-0.3, -0.25) is 0 Å². The molecular formula is C14H21N3. The number of nitrogens with two attached hydrogens (primary N) is 1. The monoisotopic (exact) mass is 231 g/mol. The summed E-state index contributed by atoms with van der Waals surface area (Å²) in [6.07, 6.45) is 0. The van der Waals surface area contributed by atoms with Crippen LogP contribution in [0.25, 0.3) is 0 Å². The van der Waals surface area contributed by atoms with E-state index >= 15 is 0 Å². The van der Waals surface area contributed by atoms with Crippen molar-refractivity contribution in [1.29, 1.82) is 0 Å². The average Bonchev–Trinajstić information content (AvgIpc) is 2.25. The fourth-order valence-corrected chi connectivity index (χ4v) is 1.49. The maximum absolute atomic E-state index is 5.75. The molecule has 0 spiro atoms. The molecule has 1 aromatic rings. The Kier molecular flexibility index (Phi) is 4.76. The molecule has 0 saturated carbocycles. The van der Waals surface area contributed by atoms with Gasteiger partial charge in [-0.1, -0.05) is 35.9 Å². The second kappa shape index (κ2) is 6.09. The molecule has 17 heavy (non-hydrogen) atoms. The van der Waals surface area contributed by atoms with Crippen molar-refractivity contribution in [2.24, 2.45) is 10.7 Å². The first-order chi connectivity index (χ1) is 7.99. The molecule has 0 amide bonds. The molecule has 0 aliphatic carbocycles. The topological polar surface area (TPSA) is 50.4 Å². The third kappa shape index (κ3) is 4.72. The highest BCUT2D eigenvalue weighted by atomic mass is 15.1. The normalized spacial score (nSPS) is 11.4. The minimum Gasteiger partial charge on any atom is -0.370 e. The average molecular weight is 231 g/mol. The number of rotatable bonds is 4. The molecule has 0 radical (unpaired) electrons. The summed E-state index contributed by atoms with van der Waals surface area (Å²) in [4.78, 5) is 4.30. The summed E-state index contributed by atoms with van der Waals surface area (Å²) in [6, 6.07) is 6.35. The van der Waals surface area contributed by atoms with Gasteiger partial charge in [-0.25, -0.2) is 4.99 Å². The van der Waals surface area contributed by atoms with Crippen molar-refractivity contribution in [3.63, 3.8) is 0 Å². The van der Waals surface area contributed by atoms with Crippen molar-refractivity contribution in [1.82, 2.24) is 5.32 Å². The van der Waals surface area contributed by atoms with E-state index in [4.69, 9.17) is 5.73 Å². The van der Waals surface area contributed by atoms with Crippen LogP contribution in [0.5, 0.6) is 0 Å².